The molecule has 4 nitrogen and oxygen atoms in total. The zero-order chi connectivity index (χ0) is 20.2. The molecule has 1 aromatic heterocycles. The predicted octanol–water partition coefficient (Wildman–Crippen LogP) is 5.94. The molecule has 1 N–H and O–H groups in total. The summed E-state index contributed by atoms with van der Waals surface area (Å²) in [5.74, 6) is 0.0919. The first-order valence-corrected chi connectivity index (χ1v) is 11.2. The number of carbonyl (C=O) groups is 2. The van der Waals surface area contributed by atoms with Gasteiger partial charge in [-0.2, -0.15) is 0 Å². The molecule has 1 aliphatic rings. The highest BCUT2D eigenvalue weighted by Crippen LogP contribution is 2.29. The van der Waals surface area contributed by atoms with Crippen molar-refractivity contribution in [1.29, 1.82) is 0 Å². The van der Waals surface area contributed by atoms with E-state index in [2.05, 4.69) is 21.2 Å². The van der Waals surface area contributed by atoms with E-state index < -0.39 is 0 Å². The van der Waals surface area contributed by atoms with Gasteiger partial charge in [0, 0.05) is 34.5 Å². The van der Waals surface area contributed by atoms with Crippen molar-refractivity contribution in [2.24, 2.45) is 0 Å². The van der Waals surface area contributed by atoms with Crippen LogP contribution in [-0.2, 0) is 11.3 Å². The zero-order valence-corrected chi connectivity index (χ0v) is 18.3. The zero-order valence-electron chi connectivity index (χ0n) is 15.9. The summed E-state index contributed by atoms with van der Waals surface area (Å²) in [6.07, 6.45) is 2.67. The van der Waals surface area contributed by atoms with Crippen LogP contribution in [0.5, 0.6) is 0 Å². The second-order valence-corrected chi connectivity index (χ2v) is 9.10. The average Bonchev–Trinajstić information content (AvgIpc) is 3.21. The Morgan fingerprint density at radius 1 is 1.07 bits per heavy atom. The summed E-state index contributed by atoms with van der Waals surface area (Å²) in [6, 6.07) is 19.6. The van der Waals surface area contributed by atoms with E-state index in [0.29, 0.717) is 17.8 Å². The monoisotopic (exact) mass is 468 g/mol. The summed E-state index contributed by atoms with van der Waals surface area (Å²) in [5, 5.41) is 2.98. The molecular weight excluding hydrogens is 448 g/mol. The second kappa shape index (κ2) is 8.93. The molecule has 1 aliphatic heterocycles. The molecule has 0 bridgehead atoms. The van der Waals surface area contributed by atoms with Gasteiger partial charge in [-0.3, -0.25) is 9.59 Å². The number of piperidine rings is 1. The van der Waals surface area contributed by atoms with Gasteiger partial charge in [-0.25, -0.2) is 0 Å². The lowest BCUT2D eigenvalue weighted by atomic mass is 10.1. The Labute approximate surface area is 182 Å². The van der Waals surface area contributed by atoms with Gasteiger partial charge in [0.1, 0.15) is 0 Å². The maximum atomic E-state index is 12.7. The van der Waals surface area contributed by atoms with Gasteiger partial charge in [0.25, 0.3) is 5.91 Å². The quantitative estimate of drug-likeness (QED) is 0.503. The number of halogens is 1. The number of carbonyl (C=O) groups excluding carboxylic acids is 2. The molecular formula is C23H21BrN2O2S. The molecule has 2 amide bonds. The molecule has 0 unspecified atom stereocenters. The van der Waals surface area contributed by atoms with Gasteiger partial charge in [0.05, 0.1) is 4.88 Å². The molecule has 0 saturated carbocycles. The van der Waals surface area contributed by atoms with Crippen molar-refractivity contribution in [2.45, 2.75) is 25.8 Å². The molecule has 2 heterocycles. The molecule has 29 heavy (non-hydrogen) atoms. The standard InChI is InChI=1S/C23H21BrN2O2S/c24-18-9-7-17(8-10-18)20-11-12-21(29-20)23(28)25-19-5-3-4-16(14-19)15-26-13-2-1-6-22(26)27/h3-5,7-12,14H,1-2,6,13,15H2,(H,25,28). The third-order valence-electron chi connectivity index (χ3n) is 4.94. The van der Waals surface area contributed by atoms with E-state index in [4.69, 9.17) is 0 Å². The van der Waals surface area contributed by atoms with Gasteiger partial charge in [0.15, 0.2) is 0 Å². The van der Waals surface area contributed by atoms with Crippen LogP contribution in [0.4, 0.5) is 5.69 Å². The molecule has 0 atom stereocenters. The number of likely N-dealkylation sites (tertiary alicyclic amines) is 1. The molecule has 6 heteroatoms. The third kappa shape index (κ3) is 4.95. The third-order valence-corrected chi connectivity index (χ3v) is 6.60. The van der Waals surface area contributed by atoms with Crippen molar-refractivity contribution in [3.05, 3.63) is 75.6 Å². The first kappa shape index (κ1) is 19.9. The molecule has 4 rings (SSSR count). The van der Waals surface area contributed by atoms with Gasteiger partial charge in [-0.05, 0) is 60.4 Å². The van der Waals surface area contributed by atoms with Crippen LogP contribution < -0.4 is 5.32 Å². The lowest BCUT2D eigenvalue weighted by molar-refractivity contribution is -0.133. The van der Waals surface area contributed by atoms with Gasteiger partial charge in [-0.15, -0.1) is 11.3 Å². The van der Waals surface area contributed by atoms with Crippen molar-refractivity contribution in [1.82, 2.24) is 4.90 Å². The number of anilines is 1. The van der Waals surface area contributed by atoms with Gasteiger partial charge in [0.2, 0.25) is 5.91 Å². The number of rotatable bonds is 5. The summed E-state index contributed by atoms with van der Waals surface area (Å²) in [6.45, 7) is 1.40. The lowest BCUT2D eigenvalue weighted by Gasteiger charge is -2.26. The van der Waals surface area contributed by atoms with E-state index >= 15 is 0 Å². The Balaban J connectivity index is 1.43. The van der Waals surface area contributed by atoms with Crippen LogP contribution >= 0.6 is 27.3 Å². The van der Waals surface area contributed by atoms with Gasteiger partial charge < -0.3 is 10.2 Å². The number of nitrogens with zero attached hydrogens (tertiary/aromatic N) is 1. The second-order valence-electron chi connectivity index (χ2n) is 7.10. The van der Waals surface area contributed by atoms with Crippen LogP contribution in [0.1, 0.15) is 34.5 Å². The fourth-order valence-corrected chi connectivity index (χ4v) is 4.59. The Bertz CT molecular complexity index is 1030. The Hall–Kier alpha value is -2.44. The van der Waals surface area contributed by atoms with Crippen LogP contribution in [0.2, 0.25) is 0 Å². The van der Waals surface area contributed by atoms with E-state index in [0.717, 1.165) is 45.6 Å². The summed E-state index contributed by atoms with van der Waals surface area (Å²) < 4.78 is 1.03. The van der Waals surface area contributed by atoms with Crippen molar-refractivity contribution >= 4 is 44.8 Å². The first-order valence-electron chi connectivity index (χ1n) is 9.62. The molecule has 3 aromatic rings. The Kier molecular flexibility index (Phi) is 6.11. The van der Waals surface area contributed by atoms with E-state index in [-0.39, 0.29) is 11.8 Å². The SMILES string of the molecule is O=C(Nc1cccc(CN2CCCCC2=O)c1)c1ccc(-c2ccc(Br)cc2)s1. The molecule has 148 valence electrons. The Morgan fingerprint density at radius 2 is 1.90 bits per heavy atom. The molecule has 2 aromatic carbocycles. The van der Waals surface area contributed by atoms with Crippen LogP contribution in [-0.4, -0.2) is 23.3 Å². The normalized spacial score (nSPS) is 14.1. The van der Waals surface area contributed by atoms with E-state index in [1.165, 1.54) is 11.3 Å². The van der Waals surface area contributed by atoms with Crippen LogP contribution in [0.25, 0.3) is 10.4 Å². The van der Waals surface area contributed by atoms with Gasteiger partial charge in [-0.1, -0.05) is 40.2 Å². The maximum Gasteiger partial charge on any atom is 0.265 e. The number of thiophene rings is 1. The lowest BCUT2D eigenvalue weighted by Crippen LogP contribution is -2.34. The highest BCUT2D eigenvalue weighted by Gasteiger charge is 2.18. The van der Waals surface area contributed by atoms with Crippen molar-refractivity contribution < 1.29 is 9.59 Å². The maximum absolute atomic E-state index is 12.7. The molecule has 1 saturated heterocycles. The molecule has 0 aliphatic carbocycles. The topological polar surface area (TPSA) is 49.4 Å². The van der Waals surface area contributed by atoms with Crippen molar-refractivity contribution in [2.75, 3.05) is 11.9 Å². The van der Waals surface area contributed by atoms with Crippen LogP contribution in [0, 0.1) is 0 Å². The average molecular weight is 469 g/mol. The number of nitrogens with one attached hydrogen (secondary N) is 1. The van der Waals surface area contributed by atoms with Crippen molar-refractivity contribution in [3.63, 3.8) is 0 Å². The minimum atomic E-state index is -0.121. The number of hydrogen-bond acceptors (Lipinski definition) is 3. The largest absolute Gasteiger partial charge is 0.338 e. The van der Waals surface area contributed by atoms with Gasteiger partial charge >= 0.3 is 0 Å². The summed E-state index contributed by atoms with van der Waals surface area (Å²) in [5.41, 5.74) is 2.86. The minimum Gasteiger partial charge on any atom is -0.338 e. The fourth-order valence-electron chi connectivity index (χ4n) is 3.42. The number of amides is 2. The van der Waals surface area contributed by atoms with Crippen LogP contribution in [0.15, 0.2) is 65.1 Å². The highest BCUT2D eigenvalue weighted by atomic mass is 79.9. The summed E-state index contributed by atoms with van der Waals surface area (Å²) in [7, 11) is 0. The molecule has 1 fully saturated rings. The van der Waals surface area contributed by atoms with E-state index in [1.807, 2.05) is 65.6 Å². The molecule has 0 radical (unpaired) electrons. The number of hydrogen-bond donors (Lipinski definition) is 1. The Morgan fingerprint density at radius 3 is 2.69 bits per heavy atom. The summed E-state index contributed by atoms with van der Waals surface area (Å²) in [4.78, 5) is 28.4. The van der Waals surface area contributed by atoms with E-state index in [1.54, 1.807) is 0 Å². The van der Waals surface area contributed by atoms with Crippen LogP contribution in [0.3, 0.4) is 0 Å². The highest BCUT2D eigenvalue weighted by molar-refractivity contribution is 9.10. The summed E-state index contributed by atoms with van der Waals surface area (Å²) >= 11 is 4.91. The molecule has 0 spiro atoms. The van der Waals surface area contributed by atoms with Crippen molar-refractivity contribution in [3.8, 4) is 10.4 Å². The number of benzene rings is 2. The fraction of sp³-hybridized carbons (Fsp3) is 0.217. The first-order chi connectivity index (χ1) is 14.1. The smallest absolute Gasteiger partial charge is 0.265 e. The predicted molar refractivity (Wildman–Crippen MR) is 121 cm³/mol. The van der Waals surface area contributed by atoms with E-state index in [9.17, 15) is 9.59 Å². The minimum absolute atomic E-state index is 0.121.